The summed E-state index contributed by atoms with van der Waals surface area (Å²) in [6, 6.07) is 0. The Bertz CT molecular complexity index is 541. The molecule has 0 aliphatic carbocycles. The Kier molecular flexibility index (Phi) is 20.1. The van der Waals surface area contributed by atoms with Gasteiger partial charge < -0.3 is 0 Å². The van der Waals surface area contributed by atoms with Gasteiger partial charge in [-0.3, -0.25) is 13.7 Å². The van der Waals surface area contributed by atoms with Crippen molar-refractivity contribution in [1.82, 2.24) is 4.90 Å². The van der Waals surface area contributed by atoms with Crippen molar-refractivity contribution < 1.29 is 38.9 Å². The molecular formula is C6H15K3NO9S3. The Balaban J connectivity index is -0.000000540. The molecule has 0 aliphatic rings. The molecule has 0 spiro atoms. The fourth-order valence-electron chi connectivity index (χ4n) is 1.35. The average Bonchev–Trinajstić information content (AvgIpc) is 2.13. The third-order valence-electron chi connectivity index (χ3n) is 2.55. The van der Waals surface area contributed by atoms with Gasteiger partial charge >= 0.3 is 0 Å². The summed E-state index contributed by atoms with van der Waals surface area (Å²) in [5.41, 5.74) is 0. The monoisotopic (exact) mass is 458 g/mol. The predicted octanol–water partition coefficient (Wildman–Crippen LogP) is -2.15. The normalized spacial score (nSPS) is 16.5. The van der Waals surface area contributed by atoms with E-state index in [4.69, 9.17) is 13.7 Å². The zero-order valence-corrected chi connectivity index (χ0v) is 25.0. The minimum Gasteiger partial charge on any atom is -0.284 e. The van der Waals surface area contributed by atoms with Gasteiger partial charge in [0.25, 0.3) is 30.4 Å². The average molecular weight is 459 g/mol. The first-order chi connectivity index (χ1) is 8.10. The molecular weight excluding hydrogens is 444 g/mol. The second-order valence-corrected chi connectivity index (χ2v) is 8.93. The summed E-state index contributed by atoms with van der Waals surface area (Å²) in [5.74, 6) is 0. The van der Waals surface area contributed by atoms with E-state index in [9.17, 15) is 25.3 Å². The third-order valence-corrected chi connectivity index (χ3v) is 5.87. The van der Waals surface area contributed by atoms with Crippen LogP contribution in [-0.2, 0) is 30.4 Å². The summed E-state index contributed by atoms with van der Waals surface area (Å²) >= 11 is 0. The van der Waals surface area contributed by atoms with E-state index in [2.05, 4.69) is 0 Å². The van der Waals surface area contributed by atoms with Gasteiger partial charge in [-0.15, -0.1) is 0 Å². The van der Waals surface area contributed by atoms with Crippen LogP contribution in [0.1, 0.15) is 20.8 Å². The van der Waals surface area contributed by atoms with E-state index in [1.165, 1.54) is 0 Å². The maximum absolute atomic E-state index is 11.0. The molecule has 0 heterocycles. The first-order valence-corrected chi connectivity index (χ1v) is 9.27. The smallest absolute Gasteiger partial charge is 0.281 e. The molecule has 0 aliphatic heterocycles. The summed E-state index contributed by atoms with van der Waals surface area (Å²) in [4.78, 5) is 0.236. The van der Waals surface area contributed by atoms with Gasteiger partial charge in [-0.1, -0.05) is 0 Å². The van der Waals surface area contributed by atoms with Crippen LogP contribution >= 0.6 is 0 Å². The molecule has 0 aromatic heterocycles. The summed E-state index contributed by atoms with van der Waals surface area (Å²) in [6.45, 7) is 2.41. The van der Waals surface area contributed by atoms with E-state index >= 15 is 0 Å². The number of hydrogen-bond donors (Lipinski definition) is 3. The van der Waals surface area contributed by atoms with Crippen molar-refractivity contribution in [3.05, 3.63) is 0 Å². The van der Waals surface area contributed by atoms with Crippen molar-refractivity contribution in [1.29, 1.82) is 0 Å². The first-order valence-electron chi connectivity index (χ1n) is 4.76. The fraction of sp³-hybridized carbons (Fsp3) is 1.00. The molecule has 3 N–H and O–H groups in total. The van der Waals surface area contributed by atoms with Crippen LogP contribution in [0.15, 0.2) is 0 Å². The molecule has 22 heavy (non-hydrogen) atoms. The molecule has 3 radical (unpaired) electrons. The van der Waals surface area contributed by atoms with Crippen molar-refractivity contribution >= 4 is 185 Å². The Labute approximate surface area is 258 Å². The van der Waals surface area contributed by atoms with Crippen molar-refractivity contribution in [3.63, 3.8) is 0 Å². The molecule has 16 heteroatoms. The number of nitrogens with zero attached hydrogens (tertiary/aromatic N) is 1. The van der Waals surface area contributed by atoms with E-state index in [0.29, 0.717) is 0 Å². The molecule has 3 unspecified atom stereocenters. The molecule has 0 amide bonds. The van der Waals surface area contributed by atoms with Crippen LogP contribution in [0.3, 0.4) is 0 Å². The Morgan fingerprint density at radius 3 is 0.818 bits per heavy atom. The zero-order valence-electron chi connectivity index (χ0n) is 13.2. The maximum atomic E-state index is 11.0. The molecule has 119 valence electrons. The second kappa shape index (κ2) is 12.9. The maximum Gasteiger partial charge on any atom is 0.281 e. The van der Waals surface area contributed by atoms with E-state index < -0.39 is 46.5 Å². The summed E-state index contributed by atoms with van der Waals surface area (Å²) in [7, 11) is -14.5. The molecule has 0 saturated heterocycles. The van der Waals surface area contributed by atoms with Gasteiger partial charge in [-0.25, -0.2) is 4.90 Å². The first kappa shape index (κ1) is 34.1. The fourth-order valence-corrected chi connectivity index (χ4v) is 3.60. The summed E-state index contributed by atoms with van der Waals surface area (Å²) < 4.78 is 92.6. The van der Waals surface area contributed by atoms with Crippen LogP contribution in [0.5, 0.6) is 0 Å². The topological polar surface area (TPSA) is 166 Å². The Morgan fingerprint density at radius 1 is 0.591 bits per heavy atom. The van der Waals surface area contributed by atoms with Crippen LogP contribution in [0, 0.1) is 0 Å². The van der Waals surface area contributed by atoms with Crippen molar-refractivity contribution in [2.45, 2.75) is 36.9 Å². The number of hydrogen-bond acceptors (Lipinski definition) is 7. The van der Waals surface area contributed by atoms with Crippen LogP contribution in [-0.4, -0.2) is 214 Å². The van der Waals surface area contributed by atoms with Gasteiger partial charge in [-0.2, -0.15) is 25.3 Å². The summed E-state index contributed by atoms with van der Waals surface area (Å²) in [6.07, 6.45) is 0. The van der Waals surface area contributed by atoms with Gasteiger partial charge in [0.15, 0.2) is 0 Å². The molecule has 0 bridgehead atoms. The van der Waals surface area contributed by atoms with Crippen LogP contribution in [0.2, 0.25) is 0 Å². The van der Waals surface area contributed by atoms with E-state index in [1.807, 2.05) is 0 Å². The molecule has 0 saturated carbocycles. The van der Waals surface area contributed by atoms with Crippen molar-refractivity contribution in [3.8, 4) is 0 Å². The van der Waals surface area contributed by atoms with Gasteiger partial charge in [0.05, 0.1) is 0 Å². The predicted molar refractivity (Wildman–Crippen MR) is 82.1 cm³/mol. The van der Waals surface area contributed by atoms with Gasteiger partial charge in [0.1, 0.15) is 16.1 Å². The third kappa shape index (κ3) is 11.4. The Hall–Kier alpha value is 4.60. The zero-order chi connectivity index (χ0) is 15.8. The summed E-state index contributed by atoms with van der Waals surface area (Å²) in [5, 5.41) is -5.95. The van der Waals surface area contributed by atoms with Crippen LogP contribution in [0.4, 0.5) is 0 Å². The van der Waals surface area contributed by atoms with E-state index in [-0.39, 0.29) is 159 Å². The molecule has 0 fully saturated rings. The van der Waals surface area contributed by atoms with Gasteiger partial charge in [0, 0.05) is 154 Å². The quantitative estimate of drug-likeness (QED) is 0.295. The molecule has 3 atom stereocenters. The van der Waals surface area contributed by atoms with Crippen molar-refractivity contribution in [2.24, 2.45) is 0 Å². The van der Waals surface area contributed by atoms with Crippen LogP contribution in [0.25, 0.3) is 0 Å². The van der Waals surface area contributed by atoms with Crippen molar-refractivity contribution in [2.75, 3.05) is 0 Å². The van der Waals surface area contributed by atoms with Gasteiger partial charge in [-0.05, 0) is 20.8 Å². The van der Waals surface area contributed by atoms with Crippen LogP contribution < -0.4 is 0 Å². The standard InChI is InChI=1S/C6H15NO9S3.3K/c1-4(17(8,9)10)7(5(2)18(11,12)13)6(3)19(14,15)16;;;/h4-6H,1-3H3,(H,8,9,10)(H,11,12,13)(H,14,15,16);;;. The van der Waals surface area contributed by atoms with E-state index in [1.54, 1.807) is 0 Å². The Morgan fingerprint density at radius 2 is 0.727 bits per heavy atom. The minimum atomic E-state index is -4.84. The largest absolute Gasteiger partial charge is 0.284 e. The molecule has 0 aromatic carbocycles. The SMILES string of the molecule is CC(N(C(C)S(=O)(=O)O)C(C)S(=O)(=O)O)S(=O)(=O)O.[K].[K].[K]. The van der Waals surface area contributed by atoms with E-state index in [0.717, 1.165) is 20.8 Å². The number of rotatable bonds is 6. The second-order valence-electron chi connectivity index (χ2n) is 3.79. The molecule has 10 nitrogen and oxygen atoms in total. The molecule has 0 aromatic rings. The minimum absolute atomic E-state index is 0. The van der Waals surface area contributed by atoms with Gasteiger partial charge in [0.2, 0.25) is 0 Å². The molecule has 0 rings (SSSR count).